The molecule has 0 aliphatic rings. The van der Waals surface area contributed by atoms with Gasteiger partial charge >= 0.3 is 6.18 Å². The summed E-state index contributed by atoms with van der Waals surface area (Å²) in [5.41, 5.74) is -0.955. The van der Waals surface area contributed by atoms with E-state index in [2.05, 4.69) is 15.3 Å². The third kappa shape index (κ3) is 4.62. The van der Waals surface area contributed by atoms with E-state index in [4.69, 9.17) is 0 Å². The molecule has 1 heterocycles. The number of aromatic nitrogens is 2. The Kier molecular flexibility index (Phi) is 4.19. The van der Waals surface area contributed by atoms with Crippen molar-refractivity contribution >= 4 is 5.91 Å². The Labute approximate surface area is 95.6 Å². The molecule has 0 aromatic carbocycles. The lowest BCUT2D eigenvalue weighted by molar-refractivity contribution is -0.118. The predicted molar refractivity (Wildman–Crippen MR) is 53.7 cm³/mol. The summed E-state index contributed by atoms with van der Waals surface area (Å²) in [7, 11) is 0. The van der Waals surface area contributed by atoms with Crippen LogP contribution in [0.4, 0.5) is 13.2 Å². The summed E-state index contributed by atoms with van der Waals surface area (Å²) in [6.07, 6.45) is -1.03. The van der Waals surface area contributed by atoms with Gasteiger partial charge in [-0.25, -0.2) is 9.97 Å². The molecule has 1 aromatic rings. The van der Waals surface area contributed by atoms with Crippen LogP contribution in [0.2, 0.25) is 0 Å². The lowest BCUT2D eigenvalue weighted by Gasteiger charge is -2.06. The number of allylic oxidation sites excluding steroid dienone is 1. The maximum absolute atomic E-state index is 12.1. The van der Waals surface area contributed by atoms with Gasteiger partial charge in [-0.3, -0.25) is 4.79 Å². The lowest BCUT2D eigenvalue weighted by atomic mass is 10.2. The van der Waals surface area contributed by atoms with Crippen molar-refractivity contribution in [1.82, 2.24) is 15.3 Å². The lowest BCUT2D eigenvalue weighted by Crippen LogP contribution is -2.23. The van der Waals surface area contributed by atoms with E-state index in [1.165, 1.54) is 12.4 Å². The maximum Gasteiger partial charge on any atom is 0.412 e. The van der Waals surface area contributed by atoms with Crippen LogP contribution in [0, 0.1) is 0 Å². The Hall–Kier alpha value is -1.92. The first-order valence-electron chi connectivity index (χ1n) is 4.69. The number of hydrogen-bond donors (Lipinski definition) is 1. The van der Waals surface area contributed by atoms with Crippen molar-refractivity contribution in [2.24, 2.45) is 0 Å². The number of amides is 1. The van der Waals surface area contributed by atoms with Crippen LogP contribution < -0.4 is 5.32 Å². The minimum Gasteiger partial charge on any atom is -0.345 e. The molecular weight excluding hydrogens is 235 g/mol. The molecule has 7 heteroatoms. The Balaban J connectivity index is 2.52. The van der Waals surface area contributed by atoms with Gasteiger partial charge in [0.25, 0.3) is 0 Å². The molecule has 0 atom stereocenters. The quantitative estimate of drug-likeness (QED) is 0.823. The fraction of sp³-hybridized carbons (Fsp3) is 0.300. The van der Waals surface area contributed by atoms with Crippen LogP contribution in [0.1, 0.15) is 12.7 Å². The molecular formula is C10H10F3N3O. The van der Waals surface area contributed by atoms with Crippen molar-refractivity contribution < 1.29 is 18.0 Å². The van der Waals surface area contributed by atoms with Crippen LogP contribution in [-0.2, 0) is 11.3 Å². The molecule has 0 bridgehead atoms. The van der Waals surface area contributed by atoms with Crippen LogP contribution >= 0.6 is 0 Å². The van der Waals surface area contributed by atoms with E-state index >= 15 is 0 Å². The summed E-state index contributed by atoms with van der Waals surface area (Å²) in [4.78, 5) is 18.8. The van der Waals surface area contributed by atoms with E-state index in [1.807, 2.05) is 0 Å². The second-order valence-electron chi connectivity index (χ2n) is 3.21. The van der Waals surface area contributed by atoms with E-state index in [0.29, 0.717) is 11.9 Å². The van der Waals surface area contributed by atoms with Gasteiger partial charge < -0.3 is 5.32 Å². The smallest absolute Gasteiger partial charge is 0.345 e. The molecule has 0 unspecified atom stereocenters. The zero-order valence-corrected chi connectivity index (χ0v) is 8.95. The van der Waals surface area contributed by atoms with Crippen LogP contribution in [0.25, 0.3) is 0 Å². The summed E-state index contributed by atoms with van der Waals surface area (Å²) in [6, 6.07) is 1.60. The van der Waals surface area contributed by atoms with Gasteiger partial charge in [0.2, 0.25) is 5.91 Å². The molecule has 17 heavy (non-hydrogen) atoms. The van der Waals surface area contributed by atoms with Crippen LogP contribution in [0.5, 0.6) is 0 Å². The first kappa shape index (κ1) is 13.1. The third-order valence-electron chi connectivity index (χ3n) is 1.83. The van der Waals surface area contributed by atoms with Crippen molar-refractivity contribution in [3.63, 3.8) is 0 Å². The number of hydrogen-bond acceptors (Lipinski definition) is 3. The molecule has 0 radical (unpaired) electrons. The number of nitrogens with zero attached hydrogens (tertiary/aromatic N) is 2. The Morgan fingerprint density at radius 2 is 2.00 bits per heavy atom. The molecule has 0 saturated heterocycles. The molecule has 4 nitrogen and oxygen atoms in total. The van der Waals surface area contributed by atoms with Crippen molar-refractivity contribution in [3.05, 3.63) is 35.9 Å². The van der Waals surface area contributed by atoms with Gasteiger partial charge in [0.05, 0.1) is 6.54 Å². The number of alkyl halides is 3. The zero-order valence-electron chi connectivity index (χ0n) is 8.95. The normalized spacial score (nSPS) is 12.4. The average Bonchev–Trinajstić information content (AvgIpc) is 2.26. The summed E-state index contributed by atoms with van der Waals surface area (Å²) < 4.78 is 36.3. The number of halogens is 3. The predicted octanol–water partition coefficient (Wildman–Crippen LogP) is 1.60. The van der Waals surface area contributed by atoms with E-state index < -0.39 is 17.7 Å². The first-order valence-corrected chi connectivity index (χ1v) is 4.69. The van der Waals surface area contributed by atoms with Crippen molar-refractivity contribution in [1.29, 1.82) is 0 Å². The van der Waals surface area contributed by atoms with E-state index in [0.717, 1.165) is 6.92 Å². The molecule has 0 fully saturated rings. The number of rotatable bonds is 3. The standard InChI is InChI=1S/C10H10F3N3O/c1-7(10(11,12)13)5-9(17)16-6-8-14-3-2-4-15-8/h2-5H,6H2,1H3,(H,16,17). The Morgan fingerprint density at radius 1 is 1.41 bits per heavy atom. The van der Waals surface area contributed by atoms with Crippen molar-refractivity contribution in [3.8, 4) is 0 Å². The van der Waals surface area contributed by atoms with Gasteiger partial charge in [0.15, 0.2) is 0 Å². The first-order chi connectivity index (χ1) is 7.89. The number of nitrogens with one attached hydrogen (secondary N) is 1. The van der Waals surface area contributed by atoms with E-state index in [-0.39, 0.29) is 6.54 Å². The molecule has 0 spiro atoms. The Bertz CT molecular complexity index is 415. The summed E-state index contributed by atoms with van der Waals surface area (Å²) in [6.45, 7) is 0.819. The monoisotopic (exact) mass is 245 g/mol. The summed E-state index contributed by atoms with van der Waals surface area (Å²) >= 11 is 0. The minimum atomic E-state index is -4.49. The molecule has 0 aliphatic carbocycles. The Morgan fingerprint density at radius 3 is 2.53 bits per heavy atom. The molecule has 1 amide bonds. The summed E-state index contributed by atoms with van der Waals surface area (Å²) in [5.74, 6) is -0.494. The van der Waals surface area contributed by atoms with E-state index in [1.54, 1.807) is 6.07 Å². The molecule has 1 rings (SSSR count). The molecule has 0 aliphatic heterocycles. The van der Waals surface area contributed by atoms with Crippen LogP contribution in [-0.4, -0.2) is 22.1 Å². The second kappa shape index (κ2) is 5.42. The highest BCUT2D eigenvalue weighted by atomic mass is 19.4. The minimum absolute atomic E-state index is 0.0126. The van der Waals surface area contributed by atoms with Gasteiger partial charge in [-0.2, -0.15) is 13.2 Å². The van der Waals surface area contributed by atoms with Crippen LogP contribution in [0.3, 0.4) is 0 Å². The van der Waals surface area contributed by atoms with Crippen molar-refractivity contribution in [2.45, 2.75) is 19.6 Å². The topological polar surface area (TPSA) is 54.9 Å². The van der Waals surface area contributed by atoms with Gasteiger partial charge in [-0.1, -0.05) is 0 Å². The van der Waals surface area contributed by atoms with Crippen molar-refractivity contribution in [2.75, 3.05) is 0 Å². The largest absolute Gasteiger partial charge is 0.412 e. The average molecular weight is 245 g/mol. The SMILES string of the molecule is CC(=CC(=O)NCc1ncccn1)C(F)(F)F. The number of carbonyl (C=O) groups excluding carboxylic acids is 1. The third-order valence-corrected chi connectivity index (χ3v) is 1.83. The van der Waals surface area contributed by atoms with Gasteiger partial charge in [0, 0.05) is 24.0 Å². The number of carbonyl (C=O) groups is 1. The van der Waals surface area contributed by atoms with Crippen LogP contribution in [0.15, 0.2) is 30.1 Å². The molecule has 1 aromatic heterocycles. The fourth-order valence-electron chi connectivity index (χ4n) is 0.917. The maximum atomic E-state index is 12.1. The second-order valence-corrected chi connectivity index (χ2v) is 3.21. The highest BCUT2D eigenvalue weighted by Gasteiger charge is 2.30. The van der Waals surface area contributed by atoms with Gasteiger partial charge in [-0.05, 0) is 13.0 Å². The van der Waals surface area contributed by atoms with Gasteiger partial charge in [0.1, 0.15) is 5.82 Å². The fourth-order valence-corrected chi connectivity index (χ4v) is 0.917. The van der Waals surface area contributed by atoms with Gasteiger partial charge in [-0.15, -0.1) is 0 Å². The summed E-state index contributed by atoms with van der Waals surface area (Å²) in [5, 5.41) is 2.26. The highest BCUT2D eigenvalue weighted by Crippen LogP contribution is 2.24. The zero-order chi connectivity index (χ0) is 12.9. The highest BCUT2D eigenvalue weighted by molar-refractivity contribution is 5.88. The molecule has 92 valence electrons. The van der Waals surface area contributed by atoms with E-state index in [9.17, 15) is 18.0 Å². The molecule has 0 saturated carbocycles. The molecule has 1 N–H and O–H groups in total.